The highest BCUT2D eigenvalue weighted by atomic mass is 16.2. The van der Waals surface area contributed by atoms with E-state index in [1.54, 1.807) is 4.90 Å². The molecule has 0 radical (unpaired) electrons. The minimum atomic E-state index is -0.746. The molecule has 1 aliphatic rings. The summed E-state index contributed by atoms with van der Waals surface area (Å²) in [4.78, 5) is 42.8. The topological polar surface area (TPSA) is 105 Å². The lowest BCUT2D eigenvalue weighted by Gasteiger charge is -2.35. The van der Waals surface area contributed by atoms with Gasteiger partial charge in [0.25, 0.3) is 5.91 Å². The van der Waals surface area contributed by atoms with Gasteiger partial charge in [0.2, 0.25) is 0 Å². The van der Waals surface area contributed by atoms with Crippen molar-refractivity contribution in [2.75, 3.05) is 11.9 Å². The molecule has 28 heavy (non-hydrogen) atoms. The molecule has 1 fully saturated rings. The highest BCUT2D eigenvalue weighted by molar-refractivity contribution is 6.39. The first kappa shape index (κ1) is 19.5. The molecule has 7 heteroatoms. The van der Waals surface area contributed by atoms with Crippen LogP contribution >= 0.6 is 0 Å². The van der Waals surface area contributed by atoms with Crippen molar-refractivity contribution in [3.8, 4) is 0 Å². The summed E-state index contributed by atoms with van der Waals surface area (Å²) in [5.41, 5.74) is 7.48. The molecule has 1 atom stereocenters. The molecule has 1 saturated heterocycles. The number of amides is 3. The van der Waals surface area contributed by atoms with Crippen LogP contribution in [0.4, 0.5) is 5.69 Å². The SMILES string of the molecule is CCc1ncc(NC(=O)C(=O)N2CCCC[C@H]2c2ccccc2)cc1C(N)=O. The second-order valence-corrected chi connectivity index (χ2v) is 6.81. The van der Waals surface area contributed by atoms with E-state index in [2.05, 4.69) is 10.3 Å². The molecule has 2 aromatic rings. The minimum absolute atomic E-state index is 0.116. The van der Waals surface area contributed by atoms with Gasteiger partial charge in [-0.15, -0.1) is 0 Å². The fourth-order valence-electron chi connectivity index (χ4n) is 3.57. The molecule has 3 rings (SSSR count). The summed E-state index contributed by atoms with van der Waals surface area (Å²) in [5, 5.41) is 2.56. The van der Waals surface area contributed by atoms with Gasteiger partial charge in [0.05, 0.1) is 29.2 Å². The zero-order valence-electron chi connectivity index (χ0n) is 15.9. The van der Waals surface area contributed by atoms with Crippen LogP contribution in [0.15, 0.2) is 42.6 Å². The number of likely N-dealkylation sites (tertiary alicyclic amines) is 1. The number of aromatic nitrogens is 1. The van der Waals surface area contributed by atoms with E-state index >= 15 is 0 Å². The zero-order chi connectivity index (χ0) is 20.1. The van der Waals surface area contributed by atoms with Crippen LogP contribution in [0.2, 0.25) is 0 Å². The van der Waals surface area contributed by atoms with E-state index in [4.69, 9.17) is 5.73 Å². The molecule has 0 spiro atoms. The molecule has 1 aromatic carbocycles. The van der Waals surface area contributed by atoms with Crippen LogP contribution in [-0.4, -0.2) is 34.2 Å². The first-order valence-electron chi connectivity index (χ1n) is 9.47. The zero-order valence-corrected chi connectivity index (χ0v) is 15.9. The monoisotopic (exact) mass is 380 g/mol. The fourth-order valence-corrected chi connectivity index (χ4v) is 3.57. The number of nitrogens with one attached hydrogen (secondary N) is 1. The Morgan fingerprint density at radius 2 is 1.96 bits per heavy atom. The Morgan fingerprint density at radius 1 is 1.21 bits per heavy atom. The predicted molar refractivity (Wildman–Crippen MR) is 106 cm³/mol. The molecular weight excluding hydrogens is 356 g/mol. The maximum atomic E-state index is 12.8. The summed E-state index contributed by atoms with van der Waals surface area (Å²) in [6, 6.07) is 11.1. The van der Waals surface area contributed by atoms with Gasteiger partial charge < -0.3 is 16.0 Å². The van der Waals surface area contributed by atoms with Gasteiger partial charge in [-0.3, -0.25) is 19.4 Å². The van der Waals surface area contributed by atoms with E-state index in [0.29, 0.717) is 18.7 Å². The number of piperidine rings is 1. The molecule has 3 amide bonds. The van der Waals surface area contributed by atoms with Gasteiger partial charge in [0.1, 0.15) is 0 Å². The summed E-state index contributed by atoms with van der Waals surface area (Å²) in [6.45, 7) is 2.39. The number of nitrogens with zero attached hydrogens (tertiary/aromatic N) is 2. The van der Waals surface area contributed by atoms with E-state index in [1.165, 1.54) is 12.3 Å². The number of carbonyl (C=O) groups excluding carboxylic acids is 3. The van der Waals surface area contributed by atoms with Crippen LogP contribution in [0.1, 0.15) is 53.8 Å². The number of anilines is 1. The van der Waals surface area contributed by atoms with E-state index in [1.807, 2.05) is 37.3 Å². The Balaban J connectivity index is 1.77. The van der Waals surface area contributed by atoms with Gasteiger partial charge in [0, 0.05) is 6.54 Å². The van der Waals surface area contributed by atoms with E-state index in [-0.39, 0.29) is 17.3 Å². The number of hydrogen-bond acceptors (Lipinski definition) is 4. The lowest BCUT2D eigenvalue weighted by atomic mass is 9.95. The van der Waals surface area contributed by atoms with Crippen LogP contribution < -0.4 is 11.1 Å². The van der Waals surface area contributed by atoms with Crippen LogP contribution in [0, 0.1) is 0 Å². The van der Waals surface area contributed by atoms with Gasteiger partial charge in [-0.25, -0.2) is 0 Å². The molecule has 1 aromatic heterocycles. The van der Waals surface area contributed by atoms with Gasteiger partial charge in [-0.05, 0) is 37.3 Å². The van der Waals surface area contributed by atoms with Crippen molar-refractivity contribution in [1.82, 2.24) is 9.88 Å². The van der Waals surface area contributed by atoms with E-state index in [0.717, 1.165) is 24.8 Å². The van der Waals surface area contributed by atoms with Crippen molar-refractivity contribution in [3.05, 3.63) is 59.4 Å². The van der Waals surface area contributed by atoms with E-state index in [9.17, 15) is 14.4 Å². The van der Waals surface area contributed by atoms with Crippen LogP contribution in [0.5, 0.6) is 0 Å². The summed E-state index contributed by atoms with van der Waals surface area (Å²) in [6.07, 6.45) is 4.66. The molecule has 0 saturated carbocycles. The predicted octanol–water partition coefficient (Wildman–Crippen LogP) is 2.44. The molecule has 146 valence electrons. The average molecular weight is 380 g/mol. The maximum Gasteiger partial charge on any atom is 0.313 e. The quantitative estimate of drug-likeness (QED) is 0.795. The molecule has 7 nitrogen and oxygen atoms in total. The van der Waals surface area contributed by atoms with Gasteiger partial charge in [0.15, 0.2) is 0 Å². The first-order valence-corrected chi connectivity index (χ1v) is 9.47. The molecule has 0 unspecified atom stereocenters. The lowest BCUT2D eigenvalue weighted by Crippen LogP contribution is -2.44. The molecular formula is C21H24N4O3. The second kappa shape index (κ2) is 8.65. The van der Waals surface area contributed by atoms with Crippen LogP contribution in [0.25, 0.3) is 0 Å². The number of benzene rings is 1. The van der Waals surface area contributed by atoms with E-state index < -0.39 is 17.7 Å². The van der Waals surface area contributed by atoms with Crippen LogP contribution in [0.3, 0.4) is 0 Å². The largest absolute Gasteiger partial charge is 0.366 e. The number of hydrogen-bond donors (Lipinski definition) is 2. The third-order valence-electron chi connectivity index (χ3n) is 4.97. The van der Waals surface area contributed by atoms with Gasteiger partial charge in [-0.1, -0.05) is 37.3 Å². The van der Waals surface area contributed by atoms with Crippen LogP contribution in [-0.2, 0) is 16.0 Å². The Morgan fingerprint density at radius 3 is 2.64 bits per heavy atom. The molecule has 3 N–H and O–H groups in total. The normalized spacial score (nSPS) is 16.5. The lowest BCUT2D eigenvalue weighted by molar-refractivity contribution is -0.145. The van der Waals surface area contributed by atoms with Crippen molar-refractivity contribution in [2.24, 2.45) is 5.73 Å². The van der Waals surface area contributed by atoms with Gasteiger partial charge in [-0.2, -0.15) is 0 Å². The average Bonchev–Trinajstić information content (AvgIpc) is 2.73. The highest BCUT2D eigenvalue weighted by Gasteiger charge is 2.31. The number of rotatable bonds is 4. The van der Waals surface area contributed by atoms with Crippen molar-refractivity contribution < 1.29 is 14.4 Å². The standard InChI is InChI=1S/C21H24N4O3/c1-2-17-16(19(22)26)12-15(13-23-17)24-20(27)21(28)25-11-7-6-10-18(25)14-8-4-3-5-9-14/h3-5,8-9,12-13,18H,2,6-7,10-11H2,1H3,(H2,22,26)(H,24,27)/t18-/m0/s1. The third-order valence-corrected chi connectivity index (χ3v) is 4.97. The summed E-state index contributed by atoms with van der Waals surface area (Å²) < 4.78 is 0. The van der Waals surface area contributed by atoms with Crippen molar-refractivity contribution in [2.45, 2.75) is 38.6 Å². The highest BCUT2D eigenvalue weighted by Crippen LogP contribution is 2.31. The Labute approximate surface area is 163 Å². The fraction of sp³-hybridized carbons (Fsp3) is 0.333. The Kier molecular flexibility index (Phi) is 6.03. The summed E-state index contributed by atoms with van der Waals surface area (Å²) in [5.74, 6) is -1.95. The van der Waals surface area contributed by atoms with Crippen molar-refractivity contribution in [1.29, 1.82) is 0 Å². The number of nitrogens with two attached hydrogens (primary N) is 1. The second-order valence-electron chi connectivity index (χ2n) is 6.81. The Bertz CT molecular complexity index is 882. The summed E-state index contributed by atoms with van der Waals surface area (Å²) in [7, 11) is 0. The Hall–Kier alpha value is -3.22. The third kappa shape index (κ3) is 4.19. The van der Waals surface area contributed by atoms with Crippen molar-refractivity contribution >= 4 is 23.4 Å². The molecule has 0 aliphatic carbocycles. The number of carbonyl (C=O) groups is 3. The molecule has 0 bridgehead atoms. The first-order chi connectivity index (χ1) is 13.5. The number of aryl methyl sites for hydroxylation is 1. The van der Waals surface area contributed by atoms with Crippen molar-refractivity contribution in [3.63, 3.8) is 0 Å². The smallest absolute Gasteiger partial charge is 0.313 e. The number of pyridine rings is 1. The van der Waals surface area contributed by atoms with Gasteiger partial charge >= 0.3 is 11.8 Å². The molecule has 2 heterocycles. The number of primary amides is 1. The molecule has 1 aliphatic heterocycles. The summed E-state index contributed by atoms with van der Waals surface area (Å²) >= 11 is 0. The maximum absolute atomic E-state index is 12.8. The minimum Gasteiger partial charge on any atom is -0.366 e.